The van der Waals surface area contributed by atoms with Crippen LogP contribution in [-0.4, -0.2) is 18.9 Å². The Morgan fingerprint density at radius 2 is 1.55 bits per heavy atom. The van der Waals surface area contributed by atoms with Crippen molar-refractivity contribution in [3.63, 3.8) is 0 Å². The van der Waals surface area contributed by atoms with Crippen LogP contribution in [0.2, 0.25) is 5.02 Å². The van der Waals surface area contributed by atoms with Gasteiger partial charge in [-0.2, -0.15) is 0 Å². The molecule has 0 unspecified atom stereocenters. The van der Waals surface area contributed by atoms with Gasteiger partial charge in [0.05, 0.1) is 7.11 Å². The molecule has 0 fully saturated rings. The van der Waals surface area contributed by atoms with Crippen molar-refractivity contribution < 1.29 is 14.3 Å². The number of carbonyl (C=O) groups is 2. The molecule has 0 spiro atoms. The average Bonchev–Trinajstić information content (AvgIpc) is 2.50. The van der Waals surface area contributed by atoms with E-state index in [1.807, 2.05) is 38.1 Å². The van der Waals surface area contributed by atoms with Gasteiger partial charge in [-0.05, 0) is 44.4 Å². The molecule has 4 heteroatoms. The Balaban J connectivity index is 2.35. The number of methoxy groups -OCH3 is 1. The van der Waals surface area contributed by atoms with Crippen molar-refractivity contribution in [2.45, 2.75) is 57.8 Å². The summed E-state index contributed by atoms with van der Waals surface area (Å²) in [5, 5.41) is 0.678. The lowest BCUT2D eigenvalue weighted by Gasteiger charge is -2.23. The lowest BCUT2D eigenvalue weighted by atomic mass is 9.79. The smallest absolute Gasteiger partial charge is 0.305 e. The van der Waals surface area contributed by atoms with Crippen LogP contribution in [-0.2, 0) is 19.7 Å². The summed E-state index contributed by atoms with van der Waals surface area (Å²) < 4.78 is 4.59. The van der Waals surface area contributed by atoms with E-state index in [4.69, 9.17) is 11.6 Å². The maximum absolute atomic E-state index is 12.4. The molecule has 0 amide bonds. The Bertz CT molecular complexity index is 492. The van der Waals surface area contributed by atoms with Gasteiger partial charge >= 0.3 is 5.97 Å². The zero-order valence-electron chi connectivity index (χ0n) is 13.7. The van der Waals surface area contributed by atoms with E-state index in [0.717, 1.165) is 31.2 Å². The predicted octanol–water partition coefficient (Wildman–Crippen LogP) is 4.70. The van der Waals surface area contributed by atoms with Gasteiger partial charge in [0, 0.05) is 23.3 Å². The van der Waals surface area contributed by atoms with Crippen LogP contribution in [0.1, 0.15) is 57.9 Å². The molecule has 0 saturated heterocycles. The van der Waals surface area contributed by atoms with Crippen LogP contribution in [0, 0.1) is 0 Å². The molecule has 0 aliphatic rings. The largest absolute Gasteiger partial charge is 0.469 e. The van der Waals surface area contributed by atoms with Crippen LogP contribution < -0.4 is 0 Å². The molecular formula is C18H25ClO3. The lowest BCUT2D eigenvalue weighted by molar-refractivity contribution is -0.140. The summed E-state index contributed by atoms with van der Waals surface area (Å²) in [6, 6.07) is 7.46. The Morgan fingerprint density at radius 1 is 1.00 bits per heavy atom. The summed E-state index contributed by atoms with van der Waals surface area (Å²) in [4.78, 5) is 23.4. The van der Waals surface area contributed by atoms with Crippen LogP contribution >= 0.6 is 11.6 Å². The average molecular weight is 325 g/mol. The van der Waals surface area contributed by atoms with Crippen LogP contribution in [0.3, 0.4) is 0 Å². The van der Waals surface area contributed by atoms with Crippen molar-refractivity contribution in [2.75, 3.05) is 7.11 Å². The summed E-state index contributed by atoms with van der Waals surface area (Å²) in [5.41, 5.74) is 0.504. The Hall–Kier alpha value is -1.35. The standard InChI is InChI=1S/C18H25ClO3/c1-18(2,14-10-12-15(19)13-11-14)16(20)8-6-4-5-7-9-17(21)22-3/h10-13H,4-9H2,1-3H3. The second-order valence-electron chi connectivity index (χ2n) is 6.05. The molecule has 122 valence electrons. The number of ketones is 1. The van der Waals surface area contributed by atoms with Gasteiger partial charge in [-0.3, -0.25) is 9.59 Å². The first-order valence-corrected chi connectivity index (χ1v) is 8.12. The first-order chi connectivity index (χ1) is 10.4. The fourth-order valence-electron chi connectivity index (χ4n) is 2.35. The van der Waals surface area contributed by atoms with Gasteiger partial charge in [0.2, 0.25) is 0 Å². The number of rotatable bonds is 9. The zero-order valence-corrected chi connectivity index (χ0v) is 14.4. The highest BCUT2D eigenvalue weighted by atomic mass is 35.5. The molecule has 3 nitrogen and oxygen atoms in total. The molecule has 22 heavy (non-hydrogen) atoms. The maximum Gasteiger partial charge on any atom is 0.305 e. The molecule has 0 aliphatic heterocycles. The molecule has 0 aromatic heterocycles. The Morgan fingerprint density at radius 3 is 2.09 bits per heavy atom. The van der Waals surface area contributed by atoms with Crippen molar-refractivity contribution in [3.8, 4) is 0 Å². The molecule has 1 rings (SSSR count). The van der Waals surface area contributed by atoms with Crippen LogP contribution in [0.25, 0.3) is 0 Å². The number of Topliss-reactive ketones (excluding diaryl/α,β-unsaturated/α-hetero) is 1. The molecule has 1 aromatic rings. The van der Waals surface area contributed by atoms with Crippen molar-refractivity contribution in [1.29, 1.82) is 0 Å². The summed E-state index contributed by atoms with van der Waals surface area (Å²) in [6.07, 6.45) is 4.61. The van der Waals surface area contributed by atoms with Crippen LogP contribution in [0.15, 0.2) is 24.3 Å². The molecule has 0 N–H and O–H groups in total. The number of esters is 1. The number of hydrogen-bond acceptors (Lipinski definition) is 3. The highest BCUT2D eigenvalue weighted by Crippen LogP contribution is 2.27. The first-order valence-electron chi connectivity index (χ1n) is 7.74. The van der Waals surface area contributed by atoms with Gasteiger partial charge < -0.3 is 4.74 Å². The van der Waals surface area contributed by atoms with E-state index in [9.17, 15) is 9.59 Å². The van der Waals surface area contributed by atoms with Crippen molar-refractivity contribution in [1.82, 2.24) is 0 Å². The number of carbonyl (C=O) groups excluding carboxylic acids is 2. The van der Waals surface area contributed by atoms with Crippen LogP contribution in [0.5, 0.6) is 0 Å². The van der Waals surface area contributed by atoms with Gasteiger partial charge in [-0.25, -0.2) is 0 Å². The van der Waals surface area contributed by atoms with E-state index in [1.54, 1.807) is 0 Å². The van der Waals surface area contributed by atoms with Crippen molar-refractivity contribution in [3.05, 3.63) is 34.9 Å². The van der Waals surface area contributed by atoms with E-state index in [0.29, 0.717) is 17.9 Å². The monoisotopic (exact) mass is 324 g/mol. The number of hydrogen-bond donors (Lipinski definition) is 0. The molecule has 0 radical (unpaired) electrons. The third kappa shape index (κ3) is 5.80. The van der Waals surface area contributed by atoms with E-state index >= 15 is 0 Å². The summed E-state index contributed by atoms with van der Waals surface area (Å²) >= 11 is 5.89. The number of benzene rings is 1. The molecule has 0 bridgehead atoms. The minimum absolute atomic E-state index is 0.167. The summed E-state index contributed by atoms with van der Waals surface area (Å²) in [5.74, 6) is 0.0720. The second-order valence-corrected chi connectivity index (χ2v) is 6.48. The molecule has 0 saturated carbocycles. The number of ether oxygens (including phenoxy) is 1. The van der Waals surface area contributed by atoms with Crippen LogP contribution in [0.4, 0.5) is 0 Å². The fourth-order valence-corrected chi connectivity index (χ4v) is 2.48. The SMILES string of the molecule is COC(=O)CCCCCCC(=O)C(C)(C)c1ccc(Cl)cc1. The van der Waals surface area contributed by atoms with E-state index < -0.39 is 5.41 Å². The predicted molar refractivity (Wildman–Crippen MR) is 89.2 cm³/mol. The van der Waals surface area contributed by atoms with E-state index in [-0.39, 0.29) is 11.8 Å². The third-order valence-electron chi connectivity index (χ3n) is 4.03. The van der Waals surface area contributed by atoms with Gasteiger partial charge in [-0.15, -0.1) is 0 Å². The number of unbranched alkanes of at least 4 members (excludes halogenated alkanes) is 3. The Kier molecular flexibility index (Phi) is 7.60. The molecule has 0 heterocycles. The quantitative estimate of drug-likeness (QED) is 0.488. The second kappa shape index (κ2) is 8.94. The molecule has 0 atom stereocenters. The van der Waals surface area contributed by atoms with Gasteiger partial charge in [-0.1, -0.05) is 36.6 Å². The number of halogens is 1. The van der Waals surface area contributed by atoms with Gasteiger partial charge in [0.25, 0.3) is 0 Å². The lowest BCUT2D eigenvalue weighted by Crippen LogP contribution is -2.28. The highest BCUT2D eigenvalue weighted by Gasteiger charge is 2.28. The first kappa shape index (κ1) is 18.7. The molecule has 1 aromatic carbocycles. The molecule has 0 aliphatic carbocycles. The highest BCUT2D eigenvalue weighted by molar-refractivity contribution is 6.30. The van der Waals surface area contributed by atoms with E-state index in [2.05, 4.69) is 4.74 Å². The topological polar surface area (TPSA) is 43.4 Å². The summed E-state index contributed by atoms with van der Waals surface area (Å²) in [7, 11) is 1.40. The van der Waals surface area contributed by atoms with Gasteiger partial charge in [0.15, 0.2) is 0 Å². The summed E-state index contributed by atoms with van der Waals surface area (Å²) in [6.45, 7) is 3.91. The zero-order chi connectivity index (χ0) is 16.6. The fraction of sp³-hybridized carbons (Fsp3) is 0.556. The Labute approximate surface area is 138 Å². The minimum Gasteiger partial charge on any atom is -0.469 e. The van der Waals surface area contributed by atoms with E-state index in [1.165, 1.54) is 7.11 Å². The van der Waals surface area contributed by atoms with Crippen molar-refractivity contribution >= 4 is 23.4 Å². The maximum atomic E-state index is 12.4. The van der Waals surface area contributed by atoms with Crippen molar-refractivity contribution in [2.24, 2.45) is 0 Å². The third-order valence-corrected chi connectivity index (χ3v) is 4.28. The van der Waals surface area contributed by atoms with Gasteiger partial charge in [0.1, 0.15) is 5.78 Å². The normalized spacial score (nSPS) is 11.3. The minimum atomic E-state index is -0.489. The molecular weight excluding hydrogens is 300 g/mol.